The molecule has 8 heteroatoms. The van der Waals surface area contributed by atoms with Crippen molar-refractivity contribution in [1.29, 1.82) is 0 Å². The lowest BCUT2D eigenvalue weighted by Crippen LogP contribution is -2.24. The number of hydrogen-bond donors (Lipinski definition) is 0. The van der Waals surface area contributed by atoms with Gasteiger partial charge in [-0.05, 0) is 68.7 Å². The van der Waals surface area contributed by atoms with Crippen molar-refractivity contribution in [3.63, 3.8) is 0 Å². The van der Waals surface area contributed by atoms with Crippen LogP contribution in [-0.4, -0.2) is 47.9 Å². The van der Waals surface area contributed by atoms with Crippen LogP contribution in [0.3, 0.4) is 0 Å². The first-order valence-corrected chi connectivity index (χ1v) is 13.3. The summed E-state index contributed by atoms with van der Waals surface area (Å²) in [7, 11) is 1.65. The smallest absolute Gasteiger partial charge is 0.167 e. The summed E-state index contributed by atoms with van der Waals surface area (Å²) in [6, 6.07) is 17.6. The van der Waals surface area contributed by atoms with Crippen LogP contribution in [0.15, 0.2) is 71.5 Å². The van der Waals surface area contributed by atoms with Gasteiger partial charge < -0.3 is 28.0 Å². The highest BCUT2D eigenvalue weighted by Crippen LogP contribution is 2.25. The third-order valence-corrected chi connectivity index (χ3v) is 6.41. The molecule has 0 spiro atoms. The van der Waals surface area contributed by atoms with E-state index in [1.165, 1.54) is 0 Å². The van der Waals surface area contributed by atoms with Crippen LogP contribution in [-0.2, 0) is 20.8 Å². The number of imidazole rings is 1. The van der Waals surface area contributed by atoms with E-state index in [4.69, 9.17) is 23.5 Å². The zero-order chi connectivity index (χ0) is 26.9. The maximum atomic E-state index is 6.10. The molecule has 0 N–H and O–H groups in total. The third kappa shape index (κ3) is 7.36. The van der Waals surface area contributed by atoms with E-state index < -0.39 is 0 Å². The molecule has 39 heavy (non-hydrogen) atoms. The molecule has 0 aliphatic carbocycles. The van der Waals surface area contributed by atoms with Gasteiger partial charge in [0.2, 0.25) is 0 Å². The Morgan fingerprint density at radius 2 is 1.92 bits per heavy atom. The van der Waals surface area contributed by atoms with Crippen molar-refractivity contribution in [2.24, 2.45) is 0 Å². The fourth-order valence-corrected chi connectivity index (χ4v) is 4.39. The molecule has 2 aromatic heterocycles. The topological polar surface area (TPSA) is 80.8 Å². The molecule has 0 bridgehead atoms. The van der Waals surface area contributed by atoms with Gasteiger partial charge in [-0.3, -0.25) is 0 Å². The van der Waals surface area contributed by atoms with Crippen LogP contribution in [0.4, 0.5) is 0 Å². The van der Waals surface area contributed by atoms with E-state index in [1.807, 2.05) is 72.3 Å². The molecule has 2 atom stereocenters. The summed E-state index contributed by atoms with van der Waals surface area (Å²) in [5.41, 5.74) is 3.54. The van der Waals surface area contributed by atoms with E-state index in [0.717, 1.165) is 59.8 Å². The zero-order valence-corrected chi connectivity index (χ0v) is 22.3. The summed E-state index contributed by atoms with van der Waals surface area (Å²) >= 11 is 0. The first-order valence-electron chi connectivity index (χ1n) is 13.3. The number of benzene rings is 2. The Kier molecular flexibility index (Phi) is 9.07. The summed E-state index contributed by atoms with van der Waals surface area (Å²) in [5, 5.41) is 4.28. The molecule has 0 radical (unpaired) electrons. The van der Waals surface area contributed by atoms with Gasteiger partial charge in [0.1, 0.15) is 30.0 Å². The number of aromatic nitrogens is 3. The van der Waals surface area contributed by atoms with Crippen LogP contribution in [0, 0.1) is 11.8 Å². The van der Waals surface area contributed by atoms with E-state index in [0.29, 0.717) is 25.5 Å². The van der Waals surface area contributed by atoms with Crippen molar-refractivity contribution in [2.75, 3.05) is 26.9 Å². The third-order valence-electron chi connectivity index (χ3n) is 6.41. The van der Waals surface area contributed by atoms with Crippen molar-refractivity contribution < 1.29 is 23.5 Å². The fraction of sp³-hybridized carbons (Fsp3) is 0.355. The van der Waals surface area contributed by atoms with Gasteiger partial charge in [-0.25, -0.2) is 4.98 Å². The van der Waals surface area contributed by atoms with E-state index in [9.17, 15) is 0 Å². The van der Waals surface area contributed by atoms with E-state index in [1.54, 1.807) is 13.3 Å². The summed E-state index contributed by atoms with van der Waals surface area (Å²) < 4.78 is 30.2. The lowest BCUT2D eigenvalue weighted by atomic mass is 10.1. The number of methoxy groups -OCH3 is 1. The number of rotatable bonds is 10. The highest BCUT2D eigenvalue weighted by atomic mass is 16.7. The van der Waals surface area contributed by atoms with Crippen molar-refractivity contribution in [2.45, 2.75) is 45.1 Å². The number of nitrogens with zero attached hydrogens (tertiary/aromatic N) is 3. The standard InChI is InChI=1S/C31H33N3O5/c1-23(38-30-8-3-4-17-37-30)31-32-15-16-34(31)22-27-21-29(39-33-27)26-13-11-24(12-14-26)9-10-25-6-5-7-28(20-25)36-19-18-35-2/h5-7,11-16,20-21,23,30H,3-4,8,17-19,22H2,1-2H3. The van der Waals surface area contributed by atoms with Gasteiger partial charge in [0.15, 0.2) is 12.1 Å². The highest BCUT2D eigenvalue weighted by molar-refractivity contribution is 5.59. The zero-order valence-electron chi connectivity index (χ0n) is 22.3. The van der Waals surface area contributed by atoms with Crippen LogP contribution in [0.1, 0.15) is 54.9 Å². The summed E-state index contributed by atoms with van der Waals surface area (Å²) in [4.78, 5) is 4.51. The fourth-order valence-electron chi connectivity index (χ4n) is 4.39. The van der Waals surface area contributed by atoms with Gasteiger partial charge in [0.05, 0.1) is 13.2 Å². The molecule has 2 unspecified atom stereocenters. The van der Waals surface area contributed by atoms with Gasteiger partial charge >= 0.3 is 0 Å². The molecule has 0 amide bonds. The van der Waals surface area contributed by atoms with E-state index in [-0.39, 0.29) is 12.4 Å². The first kappa shape index (κ1) is 26.7. The predicted octanol–water partition coefficient (Wildman–Crippen LogP) is 5.62. The van der Waals surface area contributed by atoms with Crippen LogP contribution in [0.5, 0.6) is 5.75 Å². The Balaban J connectivity index is 1.20. The van der Waals surface area contributed by atoms with Crippen LogP contribution in [0.2, 0.25) is 0 Å². The molecule has 5 rings (SSSR count). The molecular formula is C31H33N3O5. The largest absolute Gasteiger partial charge is 0.491 e. The summed E-state index contributed by atoms with van der Waals surface area (Å²) in [5.74, 6) is 8.72. The van der Waals surface area contributed by atoms with Crippen molar-refractivity contribution in [3.05, 3.63) is 89.6 Å². The van der Waals surface area contributed by atoms with Crippen LogP contribution >= 0.6 is 0 Å². The summed E-state index contributed by atoms with van der Waals surface area (Å²) in [6.45, 7) is 4.34. The highest BCUT2D eigenvalue weighted by Gasteiger charge is 2.21. The predicted molar refractivity (Wildman–Crippen MR) is 146 cm³/mol. The minimum atomic E-state index is -0.186. The Labute approximate surface area is 228 Å². The van der Waals surface area contributed by atoms with Gasteiger partial charge in [-0.1, -0.05) is 23.1 Å². The average Bonchev–Trinajstić information content (AvgIpc) is 3.63. The SMILES string of the molecule is COCCOc1cccc(C#Cc2ccc(-c3cc(Cn4ccnc4C(C)OC4CCCCO4)no3)cc2)c1. The quantitative estimate of drug-likeness (QED) is 0.196. The first-order chi connectivity index (χ1) is 19.2. The number of ether oxygens (including phenoxy) is 4. The Hall–Kier alpha value is -3.90. The molecule has 1 saturated heterocycles. The Morgan fingerprint density at radius 1 is 1.05 bits per heavy atom. The monoisotopic (exact) mass is 527 g/mol. The van der Waals surface area contributed by atoms with Gasteiger partial charge in [-0.2, -0.15) is 0 Å². The molecule has 0 saturated carbocycles. The maximum Gasteiger partial charge on any atom is 0.167 e. The molecule has 202 valence electrons. The number of hydrogen-bond acceptors (Lipinski definition) is 7. The van der Waals surface area contributed by atoms with Gasteiger partial charge in [0.25, 0.3) is 0 Å². The van der Waals surface area contributed by atoms with E-state index >= 15 is 0 Å². The summed E-state index contributed by atoms with van der Waals surface area (Å²) in [6.07, 6.45) is 6.49. The normalized spacial score (nSPS) is 15.9. The maximum absolute atomic E-state index is 6.10. The van der Waals surface area contributed by atoms with Crippen molar-refractivity contribution >= 4 is 0 Å². The lowest BCUT2D eigenvalue weighted by Gasteiger charge is -2.26. The Bertz CT molecular complexity index is 1390. The average molecular weight is 528 g/mol. The minimum absolute atomic E-state index is 0.171. The molecule has 3 heterocycles. The molecule has 2 aromatic carbocycles. The second kappa shape index (κ2) is 13.3. The Morgan fingerprint density at radius 3 is 2.74 bits per heavy atom. The molecule has 1 aliphatic heterocycles. The van der Waals surface area contributed by atoms with Crippen LogP contribution in [0.25, 0.3) is 11.3 Å². The molecular weight excluding hydrogens is 494 g/mol. The van der Waals surface area contributed by atoms with Crippen molar-refractivity contribution in [3.8, 4) is 28.9 Å². The van der Waals surface area contributed by atoms with Gasteiger partial charge in [-0.15, -0.1) is 0 Å². The molecule has 1 fully saturated rings. The second-order valence-electron chi connectivity index (χ2n) is 9.37. The van der Waals surface area contributed by atoms with Crippen molar-refractivity contribution in [1.82, 2.24) is 14.7 Å². The molecule has 4 aromatic rings. The minimum Gasteiger partial charge on any atom is -0.491 e. The molecule has 1 aliphatic rings. The molecule has 8 nitrogen and oxygen atoms in total. The van der Waals surface area contributed by atoms with Crippen LogP contribution < -0.4 is 4.74 Å². The van der Waals surface area contributed by atoms with Gasteiger partial charge in [0, 0.05) is 48.9 Å². The van der Waals surface area contributed by atoms with E-state index in [2.05, 4.69) is 22.0 Å². The lowest BCUT2D eigenvalue weighted by molar-refractivity contribution is -0.188. The second-order valence-corrected chi connectivity index (χ2v) is 9.37.